The highest BCUT2D eigenvalue weighted by Crippen LogP contribution is 2.39. The number of alkyl halides is 3. The van der Waals surface area contributed by atoms with Gasteiger partial charge in [0.1, 0.15) is 0 Å². The van der Waals surface area contributed by atoms with Crippen molar-refractivity contribution >= 4 is 31.5 Å². The first-order valence-corrected chi connectivity index (χ1v) is 11.7. The summed E-state index contributed by atoms with van der Waals surface area (Å²) in [6.07, 6.45) is -4.41. The number of rotatable bonds is 3. The van der Waals surface area contributed by atoms with E-state index >= 15 is 0 Å². The Morgan fingerprint density at radius 3 is 1.86 bits per heavy atom. The maximum absolute atomic E-state index is 13.1. The monoisotopic (exact) mass is 483 g/mol. The molecule has 0 spiro atoms. The molecule has 0 bridgehead atoms. The lowest BCUT2D eigenvalue weighted by molar-refractivity contribution is -0.137. The second-order valence-electron chi connectivity index (χ2n) is 8.02. The number of thiophene rings is 1. The van der Waals surface area contributed by atoms with Gasteiger partial charge in [-0.2, -0.15) is 13.2 Å². The van der Waals surface area contributed by atoms with Crippen molar-refractivity contribution in [2.45, 2.75) is 6.18 Å². The predicted octanol–water partition coefficient (Wildman–Crippen LogP) is 8.26. The fourth-order valence-corrected chi connectivity index (χ4v) is 5.24. The average molecular weight is 484 g/mol. The van der Waals surface area contributed by atoms with Crippen molar-refractivity contribution in [3.8, 4) is 34.2 Å². The van der Waals surface area contributed by atoms with Crippen molar-refractivity contribution in [1.29, 1.82) is 0 Å². The number of fused-ring (bicyclic) bond motifs is 3. The summed E-state index contributed by atoms with van der Waals surface area (Å²) in [5.41, 5.74) is 1.42. The standard InChI is InChI=1S/C28H16F3N3S/c29-28(30,31)19-15-13-18(14-16-19)26-32-25(17-7-2-1-3-8-17)33-27(34-26)21-10-6-12-23-24(21)20-9-4-5-11-22(20)35-23/h1-16H. The van der Waals surface area contributed by atoms with E-state index in [-0.39, 0.29) is 0 Å². The van der Waals surface area contributed by atoms with E-state index in [0.717, 1.165) is 43.4 Å². The van der Waals surface area contributed by atoms with Crippen LogP contribution in [0.3, 0.4) is 0 Å². The third-order valence-electron chi connectivity index (χ3n) is 5.78. The van der Waals surface area contributed by atoms with Crippen molar-refractivity contribution in [2.24, 2.45) is 0 Å². The van der Waals surface area contributed by atoms with E-state index in [9.17, 15) is 13.2 Å². The highest BCUT2D eigenvalue weighted by atomic mass is 32.1. The molecule has 0 N–H and O–H groups in total. The number of hydrogen-bond acceptors (Lipinski definition) is 4. The summed E-state index contributed by atoms with van der Waals surface area (Å²) in [4.78, 5) is 14.1. The minimum absolute atomic E-state index is 0.319. The fourth-order valence-electron chi connectivity index (χ4n) is 4.11. The Bertz CT molecular complexity index is 1670. The second kappa shape index (κ2) is 8.29. The van der Waals surface area contributed by atoms with Gasteiger partial charge in [0.05, 0.1) is 5.56 Å². The molecule has 4 aromatic carbocycles. The van der Waals surface area contributed by atoms with E-state index in [4.69, 9.17) is 9.97 Å². The third-order valence-corrected chi connectivity index (χ3v) is 6.92. The lowest BCUT2D eigenvalue weighted by Gasteiger charge is -2.10. The lowest BCUT2D eigenvalue weighted by Crippen LogP contribution is -2.05. The smallest absolute Gasteiger partial charge is 0.208 e. The van der Waals surface area contributed by atoms with E-state index in [2.05, 4.69) is 23.2 Å². The Kier molecular flexibility index (Phi) is 5.07. The predicted molar refractivity (Wildman–Crippen MR) is 134 cm³/mol. The minimum atomic E-state index is -4.41. The molecule has 7 heteroatoms. The van der Waals surface area contributed by atoms with E-state index in [0.29, 0.717) is 23.0 Å². The van der Waals surface area contributed by atoms with Crippen molar-refractivity contribution in [1.82, 2.24) is 15.0 Å². The molecular formula is C28H16F3N3S. The van der Waals surface area contributed by atoms with Gasteiger partial charge in [0.2, 0.25) is 0 Å². The first kappa shape index (κ1) is 21.4. The molecule has 0 aliphatic heterocycles. The summed E-state index contributed by atoms with van der Waals surface area (Å²) in [6.45, 7) is 0. The molecular weight excluding hydrogens is 467 g/mol. The topological polar surface area (TPSA) is 38.7 Å². The zero-order valence-corrected chi connectivity index (χ0v) is 18.9. The molecule has 0 atom stereocenters. The first-order valence-electron chi connectivity index (χ1n) is 10.9. The Morgan fingerprint density at radius 2 is 1.14 bits per heavy atom. The molecule has 6 aromatic rings. The maximum Gasteiger partial charge on any atom is 0.416 e. The van der Waals surface area contributed by atoms with Gasteiger partial charge in [-0.15, -0.1) is 11.3 Å². The highest BCUT2D eigenvalue weighted by Gasteiger charge is 2.30. The van der Waals surface area contributed by atoms with Gasteiger partial charge in [-0.25, -0.2) is 15.0 Å². The van der Waals surface area contributed by atoms with Crippen LogP contribution in [0.5, 0.6) is 0 Å². The average Bonchev–Trinajstić information content (AvgIpc) is 3.27. The Morgan fingerprint density at radius 1 is 0.543 bits per heavy atom. The normalized spacial score (nSPS) is 11.9. The summed E-state index contributed by atoms with van der Waals surface area (Å²) in [5.74, 6) is 1.25. The fraction of sp³-hybridized carbons (Fsp3) is 0.0357. The summed E-state index contributed by atoms with van der Waals surface area (Å²) in [6, 6.07) is 28.6. The van der Waals surface area contributed by atoms with Crippen LogP contribution in [0.25, 0.3) is 54.3 Å². The van der Waals surface area contributed by atoms with Crippen LogP contribution in [0.15, 0.2) is 97.1 Å². The van der Waals surface area contributed by atoms with Crippen LogP contribution in [0.1, 0.15) is 5.56 Å². The number of benzene rings is 4. The van der Waals surface area contributed by atoms with Crippen LogP contribution in [0.2, 0.25) is 0 Å². The zero-order chi connectivity index (χ0) is 24.0. The Balaban J connectivity index is 1.59. The van der Waals surface area contributed by atoms with Crippen LogP contribution in [-0.2, 0) is 6.18 Å². The van der Waals surface area contributed by atoms with Gasteiger partial charge in [0.25, 0.3) is 0 Å². The molecule has 0 saturated carbocycles. The summed E-state index contributed by atoms with van der Waals surface area (Å²) >= 11 is 1.70. The molecule has 0 amide bonds. The summed E-state index contributed by atoms with van der Waals surface area (Å²) in [5, 5.41) is 2.16. The van der Waals surface area contributed by atoms with Crippen LogP contribution < -0.4 is 0 Å². The summed E-state index contributed by atoms with van der Waals surface area (Å²) < 4.78 is 41.6. The van der Waals surface area contributed by atoms with Gasteiger partial charge in [0.15, 0.2) is 17.5 Å². The number of hydrogen-bond donors (Lipinski definition) is 0. The molecule has 170 valence electrons. The van der Waals surface area contributed by atoms with Crippen LogP contribution >= 0.6 is 11.3 Å². The molecule has 0 aliphatic carbocycles. The molecule has 3 nitrogen and oxygen atoms in total. The van der Waals surface area contributed by atoms with Crippen molar-refractivity contribution in [3.05, 3.63) is 103 Å². The maximum atomic E-state index is 13.1. The van der Waals surface area contributed by atoms with Gasteiger partial charge in [-0.3, -0.25) is 0 Å². The number of nitrogens with zero attached hydrogens (tertiary/aromatic N) is 3. The van der Waals surface area contributed by atoms with Crippen LogP contribution in [0.4, 0.5) is 13.2 Å². The van der Waals surface area contributed by atoms with E-state index < -0.39 is 11.7 Å². The van der Waals surface area contributed by atoms with Gasteiger partial charge < -0.3 is 0 Å². The molecule has 0 saturated heterocycles. The van der Waals surface area contributed by atoms with Crippen LogP contribution in [0, 0.1) is 0 Å². The number of aromatic nitrogens is 3. The largest absolute Gasteiger partial charge is 0.416 e. The molecule has 2 aromatic heterocycles. The van der Waals surface area contributed by atoms with E-state index in [1.165, 1.54) is 12.1 Å². The molecule has 0 fully saturated rings. The van der Waals surface area contributed by atoms with Gasteiger partial charge in [0, 0.05) is 36.9 Å². The Labute approximate surface area is 202 Å². The minimum Gasteiger partial charge on any atom is -0.208 e. The zero-order valence-electron chi connectivity index (χ0n) is 18.1. The van der Waals surface area contributed by atoms with E-state index in [1.807, 2.05) is 54.6 Å². The lowest BCUT2D eigenvalue weighted by atomic mass is 10.1. The van der Waals surface area contributed by atoms with Gasteiger partial charge in [-0.1, -0.05) is 72.8 Å². The number of halogens is 3. The molecule has 0 radical (unpaired) electrons. The molecule has 35 heavy (non-hydrogen) atoms. The van der Waals surface area contributed by atoms with Gasteiger partial charge >= 0.3 is 6.18 Å². The summed E-state index contributed by atoms with van der Waals surface area (Å²) in [7, 11) is 0. The quantitative estimate of drug-likeness (QED) is 0.254. The molecule has 6 rings (SSSR count). The van der Waals surface area contributed by atoms with Crippen molar-refractivity contribution in [2.75, 3.05) is 0 Å². The second-order valence-corrected chi connectivity index (χ2v) is 9.11. The molecule has 0 aliphatic rings. The van der Waals surface area contributed by atoms with Crippen molar-refractivity contribution < 1.29 is 13.2 Å². The van der Waals surface area contributed by atoms with Crippen molar-refractivity contribution in [3.63, 3.8) is 0 Å². The van der Waals surface area contributed by atoms with Crippen LogP contribution in [-0.4, -0.2) is 15.0 Å². The highest BCUT2D eigenvalue weighted by molar-refractivity contribution is 7.25. The SMILES string of the molecule is FC(F)(F)c1ccc(-c2nc(-c3ccccc3)nc(-c3cccc4sc5ccccc5c34)n2)cc1. The first-order chi connectivity index (χ1) is 17.0. The van der Waals surface area contributed by atoms with Gasteiger partial charge in [-0.05, 0) is 24.3 Å². The molecule has 0 unspecified atom stereocenters. The molecule has 2 heterocycles. The van der Waals surface area contributed by atoms with E-state index in [1.54, 1.807) is 11.3 Å². The third kappa shape index (κ3) is 3.94. The Hall–Kier alpha value is -4.10.